The lowest BCUT2D eigenvalue weighted by Crippen LogP contribution is -2.54. The molecule has 0 atom stereocenters. The van der Waals surface area contributed by atoms with E-state index >= 15 is 0 Å². The summed E-state index contributed by atoms with van der Waals surface area (Å²) in [4.78, 5) is 26.8. The van der Waals surface area contributed by atoms with Crippen molar-refractivity contribution in [2.45, 2.75) is 13.8 Å². The third-order valence-electron chi connectivity index (χ3n) is 5.58. The Morgan fingerprint density at radius 3 is 2.61 bits per heavy atom. The predicted molar refractivity (Wildman–Crippen MR) is 124 cm³/mol. The van der Waals surface area contributed by atoms with Crippen LogP contribution in [0.3, 0.4) is 0 Å². The molecular formula is C24H18FN3O4S. The summed E-state index contributed by atoms with van der Waals surface area (Å²) in [5, 5.41) is 2.31. The number of amides is 2. The third kappa shape index (κ3) is 3.46. The molecule has 9 heteroatoms. The Kier molecular flexibility index (Phi) is 4.98. The molecule has 0 unspecified atom stereocenters. The number of para-hydroxylation sites is 1. The smallest absolute Gasteiger partial charge is 0.270 e. The molecule has 0 aliphatic carbocycles. The zero-order valence-electron chi connectivity index (χ0n) is 17.7. The molecule has 1 N–H and O–H groups in total. The van der Waals surface area contributed by atoms with Gasteiger partial charge in [0.2, 0.25) is 6.79 Å². The number of rotatable bonds is 3. The van der Waals surface area contributed by atoms with E-state index in [0.717, 1.165) is 22.0 Å². The van der Waals surface area contributed by atoms with Gasteiger partial charge in [-0.25, -0.2) is 9.29 Å². The SMILES string of the molecule is Cc1cc(C=C2C(=O)NC(=S)N(c3ccccc3F)C2=O)c(C)n1-c1ccc2c(c1)OCO2. The van der Waals surface area contributed by atoms with Gasteiger partial charge in [-0.05, 0) is 68.0 Å². The molecule has 2 aliphatic rings. The van der Waals surface area contributed by atoms with Crippen LogP contribution in [0.1, 0.15) is 17.0 Å². The van der Waals surface area contributed by atoms with Crippen molar-refractivity contribution in [2.24, 2.45) is 0 Å². The number of nitrogens with zero attached hydrogens (tertiary/aromatic N) is 2. The normalized spacial score (nSPS) is 16.5. The minimum atomic E-state index is -0.693. The van der Waals surface area contributed by atoms with E-state index in [9.17, 15) is 14.0 Å². The fourth-order valence-electron chi connectivity index (χ4n) is 4.02. The average Bonchev–Trinajstić information content (AvgIpc) is 3.35. The molecule has 2 aliphatic heterocycles. The van der Waals surface area contributed by atoms with E-state index in [1.165, 1.54) is 24.3 Å². The van der Waals surface area contributed by atoms with E-state index in [-0.39, 0.29) is 23.2 Å². The number of anilines is 1. The lowest BCUT2D eigenvalue weighted by Gasteiger charge is -2.29. The Labute approximate surface area is 194 Å². The number of nitrogens with one attached hydrogen (secondary N) is 1. The quantitative estimate of drug-likeness (QED) is 0.364. The number of carbonyl (C=O) groups is 2. The minimum absolute atomic E-state index is 0.0239. The van der Waals surface area contributed by atoms with Crippen LogP contribution in [0.5, 0.6) is 11.5 Å². The average molecular weight is 463 g/mol. The fraction of sp³-hybridized carbons (Fsp3) is 0.125. The van der Waals surface area contributed by atoms with Crippen LogP contribution in [0, 0.1) is 19.7 Å². The number of aromatic nitrogens is 1. The van der Waals surface area contributed by atoms with Crippen molar-refractivity contribution < 1.29 is 23.5 Å². The third-order valence-corrected chi connectivity index (χ3v) is 5.86. The molecule has 5 rings (SSSR count). The fourth-order valence-corrected chi connectivity index (χ4v) is 4.29. The van der Waals surface area contributed by atoms with Gasteiger partial charge in [-0.1, -0.05) is 12.1 Å². The van der Waals surface area contributed by atoms with E-state index in [0.29, 0.717) is 17.1 Å². The molecule has 0 saturated carbocycles. The number of halogens is 1. The second-order valence-corrected chi connectivity index (χ2v) is 8.00. The summed E-state index contributed by atoms with van der Waals surface area (Å²) in [6.07, 6.45) is 1.50. The van der Waals surface area contributed by atoms with Gasteiger partial charge in [0.1, 0.15) is 11.4 Å². The molecule has 33 heavy (non-hydrogen) atoms. The zero-order chi connectivity index (χ0) is 23.3. The Bertz CT molecular complexity index is 1380. The standard InChI is InChI=1S/C24H18FN3O4S/c1-13-9-15(14(2)27(13)16-7-8-20-21(11-16)32-12-31-20)10-17-22(29)26-24(33)28(23(17)30)19-6-4-3-5-18(19)25/h3-11H,12H2,1-2H3,(H,26,29,33). The Morgan fingerprint density at radius 2 is 1.82 bits per heavy atom. The van der Waals surface area contributed by atoms with Gasteiger partial charge in [0, 0.05) is 23.1 Å². The van der Waals surface area contributed by atoms with Crippen molar-refractivity contribution in [3.05, 3.63) is 76.9 Å². The van der Waals surface area contributed by atoms with Gasteiger partial charge in [0.15, 0.2) is 16.6 Å². The van der Waals surface area contributed by atoms with Gasteiger partial charge in [-0.15, -0.1) is 0 Å². The van der Waals surface area contributed by atoms with Crippen LogP contribution in [-0.4, -0.2) is 28.3 Å². The zero-order valence-corrected chi connectivity index (χ0v) is 18.5. The van der Waals surface area contributed by atoms with E-state index in [4.69, 9.17) is 21.7 Å². The molecule has 1 saturated heterocycles. The Balaban J connectivity index is 1.55. The first-order chi connectivity index (χ1) is 15.8. The molecule has 3 aromatic rings. The van der Waals surface area contributed by atoms with Crippen molar-refractivity contribution in [1.29, 1.82) is 0 Å². The number of thiocarbonyl (C=S) groups is 1. The van der Waals surface area contributed by atoms with Crippen LogP contribution in [0.15, 0.2) is 54.1 Å². The highest BCUT2D eigenvalue weighted by Crippen LogP contribution is 2.35. The number of fused-ring (bicyclic) bond motifs is 1. The number of benzene rings is 2. The second kappa shape index (κ2) is 7.86. The highest BCUT2D eigenvalue weighted by Gasteiger charge is 2.36. The predicted octanol–water partition coefficient (Wildman–Crippen LogP) is 3.79. The molecule has 166 valence electrons. The number of hydrogen-bond acceptors (Lipinski definition) is 5. The van der Waals surface area contributed by atoms with Crippen LogP contribution in [0.25, 0.3) is 11.8 Å². The first-order valence-corrected chi connectivity index (χ1v) is 10.5. The molecule has 0 radical (unpaired) electrons. The summed E-state index contributed by atoms with van der Waals surface area (Å²) >= 11 is 5.15. The summed E-state index contributed by atoms with van der Waals surface area (Å²) < 4.78 is 27.2. The van der Waals surface area contributed by atoms with Crippen molar-refractivity contribution in [3.8, 4) is 17.2 Å². The van der Waals surface area contributed by atoms with E-state index in [1.807, 2.05) is 42.7 Å². The molecule has 0 bridgehead atoms. The van der Waals surface area contributed by atoms with Gasteiger partial charge < -0.3 is 14.0 Å². The number of hydrogen-bond donors (Lipinski definition) is 1. The van der Waals surface area contributed by atoms with Crippen molar-refractivity contribution in [1.82, 2.24) is 9.88 Å². The maximum absolute atomic E-state index is 14.4. The van der Waals surface area contributed by atoms with Crippen LogP contribution < -0.4 is 19.7 Å². The van der Waals surface area contributed by atoms with Crippen LogP contribution in [0.4, 0.5) is 10.1 Å². The largest absolute Gasteiger partial charge is 0.454 e. The highest BCUT2D eigenvalue weighted by atomic mass is 32.1. The van der Waals surface area contributed by atoms with Gasteiger partial charge in [0.05, 0.1) is 5.69 Å². The van der Waals surface area contributed by atoms with Crippen LogP contribution in [0.2, 0.25) is 0 Å². The summed E-state index contributed by atoms with van der Waals surface area (Å²) in [7, 11) is 0. The number of aryl methyl sites for hydroxylation is 1. The lowest BCUT2D eigenvalue weighted by atomic mass is 10.1. The molecule has 1 fully saturated rings. The van der Waals surface area contributed by atoms with Gasteiger partial charge >= 0.3 is 0 Å². The summed E-state index contributed by atoms with van der Waals surface area (Å²) in [6.45, 7) is 3.98. The second-order valence-electron chi connectivity index (χ2n) is 7.61. The Hall–Kier alpha value is -3.98. The Morgan fingerprint density at radius 1 is 1.06 bits per heavy atom. The summed E-state index contributed by atoms with van der Waals surface area (Å²) in [5.41, 5.74) is 3.06. The molecule has 2 aromatic carbocycles. The summed E-state index contributed by atoms with van der Waals surface area (Å²) in [5.74, 6) is -0.620. The lowest BCUT2D eigenvalue weighted by molar-refractivity contribution is -0.122. The molecular weight excluding hydrogens is 445 g/mol. The van der Waals surface area contributed by atoms with E-state index in [2.05, 4.69) is 5.32 Å². The first-order valence-electron chi connectivity index (χ1n) is 10.1. The van der Waals surface area contributed by atoms with E-state index < -0.39 is 17.6 Å². The van der Waals surface area contributed by atoms with Gasteiger partial charge in [-0.3, -0.25) is 14.9 Å². The molecule has 0 spiro atoms. The molecule has 7 nitrogen and oxygen atoms in total. The highest BCUT2D eigenvalue weighted by molar-refractivity contribution is 7.80. The van der Waals surface area contributed by atoms with Gasteiger partial charge in [-0.2, -0.15) is 0 Å². The molecule has 3 heterocycles. The monoisotopic (exact) mass is 463 g/mol. The summed E-state index contributed by atoms with van der Waals surface area (Å²) in [6, 6.07) is 13.2. The number of ether oxygens (including phenoxy) is 2. The van der Waals surface area contributed by atoms with Crippen LogP contribution >= 0.6 is 12.2 Å². The molecule has 2 amide bonds. The maximum atomic E-state index is 14.4. The van der Waals surface area contributed by atoms with Gasteiger partial charge in [0.25, 0.3) is 11.8 Å². The first kappa shape index (κ1) is 20.9. The maximum Gasteiger partial charge on any atom is 0.270 e. The molecule has 1 aromatic heterocycles. The van der Waals surface area contributed by atoms with E-state index in [1.54, 1.807) is 6.07 Å². The number of carbonyl (C=O) groups excluding carboxylic acids is 2. The van der Waals surface area contributed by atoms with Crippen LogP contribution in [-0.2, 0) is 9.59 Å². The van der Waals surface area contributed by atoms with Crippen molar-refractivity contribution in [2.75, 3.05) is 11.7 Å². The van der Waals surface area contributed by atoms with Crippen molar-refractivity contribution >= 4 is 40.9 Å². The minimum Gasteiger partial charge on any atom is -0.454 e. The van der Waals surface area contributed by atoms with Crippen molar-refractivity contribution in [3.63, 3.8) is 0 Å². The topological polar surface area (TPSA) is 72.8 Å².